The predicted octanol–water partition coefficient (Wildman–Crippen LogP) is 7.47. The average molecular weight is 414 g/mol. The van der Waals surface area contributed by atoms with E-state index in [-0.39, 0.29) is 10.9 Å². The van der Waals surface area contributed by atoms with Gasteiger partial charge in [0.2, 0.25) is 0 Å². The highest BCUT2D eigenvalue weighted by molar-refractivity contribution is 7.97. The minimum atomic E-state index is -0.177. The number of thiophene rings is 1. The monoisotopic (exact) mass is 413 g/mol. The maximum Gasteiger partial charge on any atom is 0.167 e. The molecule has 0 amide bonds. The maximum atomic E-state index is 10.0. The molecular weight excluding hydrogens is 392 g/mol. The van der Waals surface area contributed by atoms with E-state index in [0.29, 0.717) is 5.75 Å². The summed E-state index contributed by atoms with van der Waals surface area (Å²) in [6.07, 6.45) is 0. The zero-order chi connectivity index (χ0) is 20.0. The summed E-state index contributed by atoms with van der Waals surface area (Å²) >= 11 is 1.78. The highest BCUT2D eigenvalue weighted by Crippen LogP contribution is 2.39. The van der Waals surface area contributed by atoms with Crippen molar-refractivity contribution in [2.45, 2.75) is 28.5 Å². The fourth-order valence-electron chi connectivity index (χ4n) is 3.63. The first-order valence-electron chi connectivity index (χ1n) is 9.61. The van der Waals surface area contributed by atoms with E-state index in [1.807, 2.05) is 12.1 Å². The number of benzene rings is 4. The molecule has 0 aliphatic heterocycles. The third-order valence-electron chi connectivity index (χ3n) is 5.17. The van der Waals surface area contributed by atoms with Crippen molar-refractivity contribution >= 4 is 42.4 Å². The van der Waals surface area contributed by atoms with Crippen molar-refractivity contribution in [1.29, 1.82) is 0 Å². The predicted molar refractivity (Wildman–Crippen MR) is 126 cm³/mol. The van der Waals surface area contributed by atoms with Gasteiger partial charge in [-0.15, -0.1) is 11.3 Å². The Morgan fingerprint density at radius 3 is 1.66 bits per heavy atom. The molecule has 0 aliphatic rings. The van der Waals surface area contributed by atoms with Gasteiger partial charge in [0.15, 0.2) is 14.7 Å². The SMILES string of the molecule is Cc1ccc([S+](c2ccc(C)cc2)c2ccc3sc4ccc(O)cc4c3c2)cc1. The molecule has 5 rings (SSSR count). The Hall–Kier alpha value is -2.75. The van der Waals surface area contributed by atoms with E-state index in [9.17, 15) is 5.11 Å². The van der Waals surface area contributed by atoms with Crippen molar-refractivity contribution in [2.75, 3.05) is 0 Å². The Morgan fingerprint density at radius 1 is 0.586 bits per heavy atom. The van der Waals surface area contributed by atoms with Gasteiger partial charge < -0.3 is 5.11 Å². The Balaban J connectivity index is 1.73. The molecule has 0 saturated heterocycles. The lowest BCUT2D eigenvalue weighted by Crippen LogP contribution is -2.04. The second kappa shape index (κ2) is 7.25. The van der Waals surface area contributed by atoms with E-state index in [1.165, 1.54) is 40.6 Å². The number of aromatic hydroxyl groups is 1. The first-order chi connectivity index (χ1) is 14.1. The molecule has 0 atom stereocenters. The largest absolute Gasteiger partial charge is 0.508 e. The summed E-state index contributed by atoms with van der Waals surface area (Å²) in [6, 6.07) is 30.2. The first kappa shape index (κ1) is 18.3. The second-order valence-corrected chi connectivity index (χ2v) is 10.5. The molecule has 4 aromatic carbocycles. The zero-order valence-corrected chi connectivity index (χ0v) is 18.0. The topological polar surface area (TPSA) is 20.2 Å². The Morgan fingerprint density at radius 2 is 1.07 bits per heavy atom. The normalized spacial score (nSPS) is 11.6. The highest BCUT2D eigenvalue weighted by Gasteiger charge is 2.29. The molecule has 0 fully saturated rings. The van der Waals surface area contributed by atoms with Gasteiger partial charge in [0.25, 0.3) is 0 Å². The van der Waals surface area contributed by atoms with Gasteiger partial charge in [0.1, 0.15) is 5.75 Å². The third kappa shape index (κ3) is 3.41. The summed E-state index contributed by atoms with van der Waals surface area (Å²) in [7, 11) is -0.177. The molecule has 0 saturated carbocycles. The number of rotatable bonds is 3. The van der Waals surface area contributed by atoms with E-state index >= 15 is 0 Å². The van der Waals surface area contributed by atoms with Crippen LogP contribution in [0.3, 0.4) is 0 Å². The van der Waals surface area contributed by atoms with Gasteiger partial charge in [-0.1, -0.05) is 35.4 Å². The van der Waals surface area contributed by atoms with Crippen LogP contribution in [0.15, 0.2) is 99.6 Å². The molecule has 3 heteroatoms. The van der Waals surface area contributed by atoms with Crippen LogP contribution in [0.2, 0.25) is 0 Å². The molecular formula is C26H21OS2+. The van der Waals surface area contributed by atoms with Crippen molar-refractivity contribution in [1.82, 2.24) is 0 Å². The molecule has 1 N–H and O–H groups in total. The van der Waals surface area contributed by atoms with Crippen LogP contribution in [-0.4, -0.2) is 5.11 Å². The number of aryl methyl sites for hydroxylation is 2. The fraction of sp³-hybridized carbons (Fsp3) is 0.0769. The van der Waals surface area contributed by atoms with E-state index in [4.69, 9.17) is 0 Å². The van der Waals surface area contributed by atoms with Crippen LogP contribution in [0, 0.1) is 13.8 Å². The van der Waals surface area contributed by atoms with Gasteiger partial charge in [0, 0.05) is 26.2 Å². The molecule has 142 valence electrons. The molecule has 0 aliphatic carbocycles. The standard InChI is InChI=1S/C26H20OS2/c1-17-3-8-20(9-4-17)29(21-10-5-18(2)6-11-21)22-12-14-26-24(16-22)23-15-19(27)7-13-25(23)28-26/h3-16H,1-2H3/p+1. The second-order valence-electron chi connectivity index (χ2n) is 7.37. The number of phenolic OH excluding ortho intramolecular Hbond substituents is 1. The Bertz CT molecular complexity index is 1270. The third-order valence-corrected chi connectivity index (χ3v) is 8.54. The van der Waals surface area contributed by atoms with Crippen molar-refractivity contribution in [3.05, 3.63) is 96.1 Å². The molecule has 0 bridgehead atoms. The first-order valence-corrected chi connectivity index (χ1v) is 11.7. The smallest absolute Gasteiger partial charge is 0.167 e. The molecule has 1 nitrogen and oxygen atoms in total. The van der Waals surface area contributed by atoms with Crippen molar-refractivity contribution in [3.63, 3.8) is 0 Å². The average Bonchev–Trinajstić information content (AvgIpc) is 3.08. The van der Waals surface area contributed by atoms with E-state index in [0.717, 1.165) is 5.39 Å². The fourth-order valence-corrected chi connectivity index (χ4v) is 6.77. The summed E-state index contributed by atoms with van der Waals surface area (Å²) in [6.45, 7) is 4.26. The van der Waals surface area contributed by atoms with Crippen LogP contribution in [0.25, 0.3) is 20.2 Å². The van der Waals surface area contributed by atoms with Crippen LogP contribution >= 0.6 is 11.3 Å². The highest BCUT2D eigenvalue weighted by atomic mass is 32.2. The van der Waals surface area contributed by atoms with Crippen LogP contribution in [-0.2, 0) is 10.9 Å². The van der Waals surface area contributed by atoms with Gasteiger partial charge in [-0.05, 0) is 68.4 Å². The zero-order valence-electron chi connectivity index (χ0n) is 16.3. The summed E-state index contributed by atoms with van der Waals surface area (Å²) in [5.41, 5.74) is 2.55. The van der Waals surface area contributed by atoms with Crippen LogP contribution in [0.1, 0.15) is 11.1 Å². The number of hydrogen-bond acceptors (Lipinski definition) is 2. The molecule has 5 aromatic rings. The lowest BCUT2D eigenvalue weighted by Gasteiger charge is -2.09. The molecule has 1 aromatic heterocycles. The molecule has 29 heavy (non-hydrogen) atoms. The van der Waals surface area contributed by atoms with Gasteiger partial charge >= 0.3 is 0 Å². The summed E-state index contributed by atoms with van der Waals surface area (Å²) in [5, 5.41) is 12.3. The molecule has 0 unspecified atom stereocenters. The Kier molecular flexibility index (Phi) is 4.57. The molecule has 0 radical (unpaired) electrons. The van der Waals surface area contributed by atoms with Crippen molar-refractivity contribution < 1.29 is 5.11 Å². The summed E-state index contributed by atoms with van der Waals surface area (Å²) in [4.78, 5) is 3.94. The quantitative estimate of drug-likeness (QED) is 0.304. The van der Waals surface area contributed by atoms with E-state index < -0.39 is 0 Å². The van der Waals surface area contributed by atoms with Gasteiger partial charge in [-0.25, -0.2) is 0 Å². The Labute approximate surface area is 177 Å². The minimum absolute atomic E-state index is 0.177. The van der Waals surface area contributed by atoms with Gasteiger partial charge in [0.05, 0.1) is 10.9 Å². The van der Waals surface area contributed by atoms with Crippen LogP contribution in [0.5, 0.6) is 5.75 Å². The molecule has 1 heterocycles. The minimum Gasteiger partial charge on any atom is -0.508 e. The van der Waals surface area contributed by atoms with Crippen molar-refractivity contribution in [2.24, 2.45) is 0 Å². The van der Waals surface area contributed by atoms with Gasteiger partial charge in [-0.3, -0.25) is 0 Å². The van der Waals surface area contributed by atoms with Gasteiger partial charge in [-0.2, -0.15) is 0 Å². The number of fused-ring (bicyclic) bond motifs is 3. The lowest BCUT2D eigenvalue weighted by atomic mass is 10.1. The number of hydrogen-bond donors (Lipinski definition) is 1. The van der Waals surface area contributed by atoms with Crippen molar-refractivity contribution in [3.8, 4) is 5.75 Å². The van der Waals surface area contributed by atoms with Crippen LogP contribution in [0.4, 0.5) is 0 Å². The summed E-state index contributed by atoms with van der Waals surface area (Å²) in [5.74, 6) is 0.318. The number of phenols is 1. The lowest BCUT2D eigenvalue weighted by molar-refractivity contribution is 0.476. The van der Waals surface area contributed by atoms with E-state index in [2.05, 4.69) is 80.6 Å². The van der Waals surface area contributed by atoms with Crippen LogP contribution < -0.4 is 0 Å². The molecule has 0 spiro atoms. The summed E-state index contributed by atoms with van der Waals surface area (Å²) < 4.78 is 2.46. The van der Waals surface area contributed by atoms with E-state index in [1.54, 1.807) is 17.4 Å². The maximum absolute atomic E-state index is 10.0.